The molecule has 1 aromatic carbocycles. The monoisotopic (exact) mass is 422 g/mol. The molecule has 2 aliphatic heterocycles. The van der Waals surface area contributed by atoms with Gasteiger partial charge in [-0.15, -0.1) is 0 Å². The number of aromatic amines is 1. The number of benzene rings is 1. The number of ether oxygens (including phenoxy) is 2. The highest BCUT2D eigenvalue weighted by Crippen LogP contribution is 2.21. The molecule has 2 aliphatic rings. The van der Waals surface area contributed by atoms with Crippen molar-refractivity contribution in [3.8, 4) is 0 Å². The van der Waals surface area contributed by atoms with Gasteiger partial charge in [-0.25, -0.2) is 5.43 Å². The molecule has 2 fully saturated rings. The normalized spacial score (nSPS) is 17.6. The molecule has 0 radical (unpaired) electrons. The second kappa shape index (κ2) is 8.86. The quantitative estimate of drug-likeness (QED) is 0.474. The predicted octanol–water partition coefficient (Wildman–Crippen LogP) is 1.78. The van der Waals surface area contributed by atoms with E-state index in [1.807, 2.05) is 19.1 Å². The minimum atomic E-state index is 0.423. The number of nitrogens with one attached hydrogen (secondary N) is 2. The van der Waals surface area contributed by atoms with Crippen LogP contribution in [-0.2, 0) is 9.47 Å². The standard InChI is InChI=1S/C21H26N8O2/c1-15-17(16-4-2-3-5-18(16)23-15)14-22-27-19-24-20(28-6-10-30-11-7-28)26-21(25-19)29-8-12-31-13-9-29/h2-5,14,23H,6-13H2,1H3,(H,24,25,26,27). The molecule has 0 saturated carbocycles. The van der Waals surface area contributed by atoms with Crippen molar-refractivity contribution in [3.05, 3.63) is 35.5 Å². The molecule has 0 amide bonds. The van der Waals surface area contributed by atoms with Gasteiger partial charge >= 0.3 is 0 Å². The fraction of sp³-hybridized carbons (Fsp3) is 0.429. The summed E-state index contributed by atoms with van der Waals surface area (Å²) in [6.45, 7) is 7.72. The Kier molecular flexibility index (Phi) is 5.63. The molecular formula is C21H26N8O2. The average molecular weight is 422 g/mol. The number of rotatable bonds is 5. The highest BCUT2D eigenvalue weighted by molar-refractivity contribution is 6.00. The minimum Gasteiger partial charge on any atom is -0.378 e. The number of aromatic nitrogens is 4. The Bertz CT molecular complexity index is 1030. The van der Waals surface area contributed by atoms with Gasteiger partial charge in [-0.3, -0.25) is 0 Å². The van der Waals surface area contributed by atoms with Crippen LogP contribution < -0.4 is 15.2 Å². The first kappa shape index (κ1) is 19.7. The van der Waals surface area contributed by atoms with E-state index in [-0.39, 0.29) is 0 Å². The predicted molar refractivity (Wildman–Crippen MR) is 120 cm³/mol. The highest BCUT2D eigenvalue weighted by Gasteiger charge is 2.20. The Labute approximate surface area is 180 Å². The van der Waals surface area contributed by atoms with Gasteiger partial charge in [-0.2, -0.15) is 20.1 Å². The third-order valence-corrected chi connectivity index (χ3v) is 5.50. The maximum atomic E-state index is 5.47. The van der Waals surface area contributed by atoms with Crippen LogP contribution in [-0.4, -0.2) is 78.8 Å². The Morgan fingerprint density at radius 2 is 1.55 bits per heavy atom. The molecule has 31 heavy (non-hydrogen) atoms. The van der Waals surface area contributed by atoms with Crippen molar-refractivity contribution in [2.24, 2.45) is 5.10 Å². The molecule has 162 valence electrons. The second-order valence-electron chi connectivity index (χ2n) is 7.54. The molecule has 10 nitrogen and oxygen atoms in total. The van der Waals surface area contributed by atoms with Crippen LogP contribution in [0.25, 0.3) is 10.9 Å². The fourth-order valence-corrected chi connectivity index (χ4v) is 3.83. The zero-order valence-electron chi connectivity index (χ0n) is 17.5. The van der Waals surface area contributed by atoms with E-state index in [9.17, 15) is 0 Å². The molecular weight excluding hydrogens is 396 g/mol. The van der Waals surface area contributed by atoms with Gasteiger partial charge in [-0.05, 0) is 13.0 Å². The highest BCUT2D eigenvalue weighted by atomic mass is 16.5. The smallest absolute Gasteiger partial charge is 0.250 e. The molecule has 2 N–H and O–H groups in total. The summed E-state index contributed by atoms with van der Waals surface area (Å²) in [7, 11) is 0. The van der Waals surface area contributed by atoms with Crippen molar-refractivity contribution in [1.82, 2.24) is 19.9 Å². The lowest BCUT2D eigenvalue weighted by Gasteiger charge is -2.30. The third kappa shape index (κ3) is 4.30. The van der Waals surface area contributed by atoms with Gasteiger partial charge in [0.25, 0.3) is 0 Å². The summed E-state index contributed by atoms with van der Waals surface area (Å²) in [5, 5.41) is 5.56. The van der Waals surface area contributed by atoms with Crippen LogP contribution in [0.4, 0.5) is 17.8 Å². The van der Waals surface area contributed by atoms with E-state index in [0.29, 0.717) is 44.3 Å². The summed E-state index contributed by atoms with van der Waals surface area (Å²) in [6, 6.07) is 8.18. The Balaban J connectivity index is 1.41. The van der Waals surface area contributed by atoms with E-state index >= 15 is 0 Å². The van der Waals surface area contributed by atoms with E-state index in [1.165, 1.54) is 0 Å². The number of hydrogen-bond donors (Lipinski definition) is 2. The van der Waals surface area contributed by atoms with Crippen molar-refractivity contribution in [2.75, 3.05) is 67.8 Å². The number of anilines is 3. The van der Waals surface area contributed by atoms with Crippen LogP contribution in [0.2, 0.25) is 0 Å². The van der Waals surface area contributed by atoms with Gasteiger partial charge in [0.05, 0.1) is 32.6 Å². The van der Waals surface area contributed by atoms with Gasteiger partial charge < -0.3 is 24.3 Å². The molecule has 2 aromatic heterocycles. The van der Waals surface area contributed by atoms with E-state index in [2.05, 4.69) is 47.4 Å². The van der Waals surface area contributed by atoms with E-state index < -0.39 is 0 Å². The van der Waals surface area contributed by atoms with Crippen molar-refractivity contribution < 1.29 is 9.47 Å². The molecule has 0 unspecified atom stereocenters. The molecule has 4 heterocycles. The summed E-state index contributed by atoms with van der Waals surface area (Å²) < 4.78 is 10.9. The first-order valence-corrected chi connectivity index (χ1v) is 10.6. The average Bonchev–Trinajstić information content (AvgIpc) is 3.15. The van der Waals surface area contributed by atoms with Crippen molar-refractivity contribution in [3.63, 3.8) is 0 Å². The lowest BCUT2D eigenvalue weighted by Crippen LogP contribution is -2.40. The minimum absolute atomic E-state index is 0.423. The van der Waals surface area contributed by atoms with Gasteiger partial charge in [0.2, 0.25) is 17.8 Å². The van der Waals surface area contributed by atoms with Crippen LogP contribution in [0.1, 0.15) is 11.3 Å². The van der Waals surface area contributed by atoms with E-state index in [4.69, 9.17) is 14.5 Å². The number of para-hydroxylation sites is 1. The lowest BCUT2D eigenvalue weighted by atomic mass is 10.1. The van der Waals surface area contributed by atoms with Crippen LogP contribution in [0.15, 0.2) is 29.4 Å². The second-order valence-corrected chi connectivity index (χ2v) is 7.54. The van der Waals surface area contributed by atoms with Gasteiger partial charge in [0.15, 0.2) is 0 Å². The Hall–Kier alpha value is -3.24. The van der Waals surface area contributed by atoms with Crippen molar-refractivity contribution in [2.45, 2.75) is 6.92 Å². The molecule has 5 rings (SSSR count). The number of aryl methyl sites for hydroxylation is 1. The lowest BCUT2D eigenvalue weighted by molar-refractivity contribution is 0.121. The summed E-state index contributed by atoms with van der Waals surface area (Å²) in [6.07, 6.45) is 1.81. The van der Waals surface area contributed by atoms with Gasteiger partial charge in [0.1, 0.15) is 0 Å². The van der Waals surface area contributed by atoms with Crippen molar-refractivity contribution in [1.29, 1.82) is 0 Å². The molecule has 0 bridgehead atoms. The van der Waals surface area contributed by atoms with Gasteiger partial charge in [-0.1, -0.05) is 18.2 Å². The number of fused-ring (bicyclic) bond motifs is 1. The summed E-state index contributed by atoms with van der Waals surface area (Å²) >= 11 is 0. The number of hydrazone groups is 1. The van der Waals surface area contributed by atoms with Crippen LogP contribution >= 0.6 is 0 Å². The number of H-pyrrole nitrogens is 1. The molecule has 10 heteroatoms. The van der Waals surface area contributed by atoms with Crippen LogP contribution in [0.5, 0.6) is 0 Å². The summed E-state index contributed by atoms with van der Waals surface area (Å²) in [5.41, 5.74) is 6.20. The molecule has 0 spiro atoms. The maximum absolute atomic E-state index is 5.47. The fourth-order valence-electron chi connectivity index (χ4n) is 3.83. The number of nitrogens with zero attached hydrogens (tertiary/aromatic N) is 6. The Morgan fingerprint density at radius 1 is 0.935 bits per heavy atom. The SMILES string of the molecule is Cc1[nH]c2ccccc2c1C=NNc1nc(N2CCOCC2)nc(N2CCOCC2)n1. The zero-order valence-corrected chi connectivity index (χ0v) is 17.5. The first-order chi connectivity index (χ1) is 15.3. The molecule has 3 aromatic rings. The number of hydrogen-bond acceptors (Lipinski definition) is 9. The van der Waals surface area contributed by atoms with Crippen LogP contribution in [0, 0.1) is 6.92 Å². The molecule has 0 aliphatic carbocycles. The third-order valence-electron chi connectivity index (χ3n) is 5.50. The zero-order chi connectivity index (χ0) is 21.0. The van der Waals surface area contributed by atoms with E-state index in [1.54, 1.807) is 6.21 Å². The molecule has 2 saturated heterocycles. The topological polar surface area (TPSA) is 104 Å². The maximum Gasteiger partial charge on any atom is 0.250 e. The van der Waals surface area contributed by atoms with Crippen molar-refractivity contribution >= 4 is 35.0 Å². The van der Waals surface area contributed by atoms with Crippen LogP contribution in [0.3, 0.4) is 0 Å². The largest absolute Gasteiger partial charge is 0.378 e. The van der Waals surface area contributed by atoms with E-state index in [0.717, 1.165) is 48.3 Å². The van der Waals surface area contributed by atoms with Gasteiger partial charge in [0, 0.05) is 48.3 Å². The molecule has 0 atom stereocenters. The first-order valence-electron chi connectivity index (χ1n) is 10.6. The number of morpholine rings is 2. The summed E-state index contributed by atoms with van der Waals surface area (Å²) in [5.74, 6) is 1.70. The summed E-state index contributed by atoms with van der Waals surface area (Å²) in [4.78, 5) is 21.6. The Morgan fingerprint density at radius 3 is 2.19 bits per heavy atom.